The van der Waals surface area contributed by atoms with Crippen LogP contribution in [0.2, 0.25) is 0 Å². The Hall–Kier alpha value is -2.06. The van der Waals surface area contributed by atoms with Gasteiger partial charge in [0.25, 0.3) is 0 Å². The summed E-state index contributed by atoms with van der Waals surface area (Å²) < 4.78 is 5.78. The molecular weight excluding hydrogens is 308 g/mol. The highest BCUT2D eigenvalue weighted by Gasteiger charge is 2.20. The van der Waals surface area contributed by atoms with E-state index in [4.69, 9.17) is 4.74 Å². The summed E-state index contributed by atoms with van der Waals surface area (Å²) in [6.07, 6.45) is 0. The van der Waals surface area contributed by atoms with Crippen molar-refractivity contribution in [1.29, 1.82) is 0 Å². The molecule has 3 aromatic rings. The fourth-order valence-electron chi connectivity index (χ4n) is 1.76. The van der Waals surface area contributed by atoms with Crippen LogP contribution in [0.4, 0.5) is 0 Å². The number of carbonyl (C=O) groups is 1. The molecule has 0 saturated carbocycles. The highest BCUT2D eigenvalue weighted by Crippen LogP contribution is 2.35. The molecule has 0 spiro atoms. The first-order chi connectivity index (χ1) is 10.3. The molecular formula is C13H10N4O2S2. The van der Waals surface area contributed by atoms with Gasteiger partial charge in [0.15, 0.2) is 10.0 Å². The number of carbonyl (C=O) groups excluding carboxylic acids is 1. The largest absolute Gasteiger partial charge is 0.461 e. The fraction of sp³-hybridized carbons (Fsp3) is 0.154. The summed E-state index contributed by atoms with van der Waals surface area (Å²) in [6, 6.07) is 7.51. The SMILES string of the molecule is CCOC(=O)c1nnc2ccccc2c1Sc1nncs1. The molecule has 2 heterocycles. The number of benzene rings is 1. The van der Waals surface area contributed by atoms with E-state index in [1.165, 1.54) is 23.1 Å². The van der Waals surface area contributed by atoms with Crippen molar-refractivity contribution >= 4 is 40.0 Å². The Kier molecular flexibility index (Phi) is 4.07. The summed E-state index contributed by atoms with van der Waals surface area (Å²) >= 11 is 2.75. The van der Waals surface area contributed by atoms with Gasteiger partial charge >= 0.3 is 5.97 Å². The van der Waals surface area contributed by atoms with Gasteiger partial charge in [-0.15, -0.1) is 20.4 Å². The number of hydrogen-bond acceptors (Lipinski definition) is 8. The average Bonchev–Trinajstić information content (AvgIpc) is 3.01. The minimum absolute atomic E-state index is 0.204. The molecule has 0 saturated heterocycles. The van der Waals surface area contributed by atoms with Crippen molar-refractivity contribution in [1.82, 2.24) is 20.4 Å². The molecule has 106 valence electrons. The van der Waals surface area contributed by atoms with E-state index in [0.717, 1.165) is 15.2 Å². The Morgan fingerprint density at radius 2 is 2.14 bits per heavy atom. The molecule has 0 aliphatic carbocycles. The van der Waals surface area contributed by atoms with Crippen LogP contribution < -0.4 is 0 Å². The summed E-state index contributed by atoms with van der Waals surface area (Å²) in [5.41, 5.74) is 2.57. The van der Waals surface area contributed by atoms with Gasteiger partial charge in [0.05, 0.1) is 17.0 Å². The Morgan fingerprint density at radius 3 is 2.90 bits per heavy atom. The van der Waals surface area contributed by atoms with Gasteiger partial charge in [-0.1, -0.05) is 41.3 Å². The molecule has 8 heteroatoms. The lowest BCUT2D eigenvalue weighted by Gasteiger charge is -2.08. The van der Waals surface area contributed by atoms with Crippen LogP contribution in [-0.4, -0.2) is 33.0 Å². The van der Waals surface area contributed by atoms with Crippen molar-refractivity contribution in [2.24, 2.45) is 0 Å². The van der Waals surface area contributed by atoms with E-state index in [0.29, 0.717) is 4.90 Å². The fourth-order valence-corrected chi connectivity index (χ4v) is 3.38. The molecule has 0 N–H and O–H groups in total. The molecule has 2 aromatic heterocycles. The van der Waals surface area contributed by atoms with Gasteiger partial charge in [-0.2, -0.15) is 0 Å². The van der Waals surface area contributed by atoms with E-state index in [9.17, 15) is 4.79 Å². The highest BCUT2D eigenvalue weighted by molar-refractivity contribution is 8.01. The van der Waals surface area contributed by atoms with E-state index in [1.54, 1.807) is 12.4 Å². The van der Waals surface area contributed by atoms with Crippen molar-refractivity contribution < 1.29 is 9.53 Å². The third kappa shape index (κ3) is 2.86. The first-order valence-electron chi connectivity index (χ1n) is 6.16. The van der Waals surface area contributed by atoms with E-state index in [-0.39, 0.29) is 12.3 Å². The van der Waals surface area contributed by atoms with Crippen LogP contribution >= 0.6 is 23.1 Å². The summed E-state index contributed by atoms with van der Waals surface area (Å²) in [4.78, 5) is 12.8. The Labute approximate surface area is 128 Å². The molecule has 21 heavy (non-hydrogen) atoms. The lowest BCUT2D eigenvalue weighted by molar-refractivity contribution is 0.0514. The zero-order chi connectivity index (χ0) is 14.7. The minimum Gasteiger partial charge on any atom is -0.461 e. The predicted molar refractivity (Wildman–Crippen MR) is 79.5 cm³/mol. The van der Waals surface area contributed by atoms with Crippen LogP contribution in [0.3, 0.4) is 0 Å². The first-order valence-corrected chi connectivity index (χ1v) is 7.85. The Bertz CT molecular complexity index is 777. The van der Waals surface area contributed by atoms with Gasteiger partial charge in [-0.3, -0.25) is 0 Å². The van der Waals surface area contributed by atoms with Crippen molar-refractivity contribution in [2.45, 2.75) is 16.2 Å². The summed E-state index contributed by atoms with van der Waals surface area (Å²) in [5, 5.41) is 16.7. The van der Waals surface area contributed by atoms with Gasteiger partial charge < -0.3 is 4.74 Å². The second-order valence-corrected chi connectivity index (χ2v) is 6.01. The summed E-state index contributed by atoms with van der Waals surface area (Å²) in [6.45, 7) is 2.04. The predicted octanol–water partition coefficient (Wildman–Crippen LogP) is 2.81. The van der Waals surface area contributed by atoms with E-state index >= 15 is 0 Å². The second kappa shape index (κ2) is 6.15. The van der Waals surface area contributed by atoms with Gasteiger partial charge in [0, 0.05) is 5.39 Å². The standard InChI is InChI=1S/C13H10N4O2S2/c1-2-19-12(18)10-11(21-13-17-14-7-20-13)8-5-3-4-6-9(8)15-16-10/h3-7H,2H2,1H3. The number of fused-ring (bicyclic) bond motifs is 1. The topological polar surface area (TPSA) is 77.9 Å². The van der Waals surface area contributed by atoms with Gasteiger partial charge in [-0.25, -0.2) is 4.79 Å². The van der Waals surface area contributed by atoms with Crippen molar-refractivity contribution in [3.8, 4) is 0 Å². The Morgan fingerprint density at radius 1 is 1.29 bits per heavy atom. The number of hydrogen-bond donors (Lipinski definition) is 0. The first kappa shape index (κ1) is 13.9. The number of rotatable bonds is 4. The number of nitrogens with zero attached hydrogens (tertiary/aromatic N) is 4. The van der Waals surface area contributed by atoms with E-state index < -0.39 is 5.97 Å². The molecule has 0 bridgehead atoms. The van der Waals surface area contributed by atoms with Crippen LogP contribution in [0.25, 0.3) is 10.9 Å². The zero-order valence-corrected chi connectivity index (χ0v) is 12.6. The lowest BCUT2D eigenvalue weighted by atomic mass is 10.2. The van der Waals surface area contributed by atoms with Gasteiger partial charge in [0.2, 0.25) is 0 Å². The van der Waals surface area contributed by atoms with Crippen LogP contribution in [0, 0.1) is 0 Å². The number of aromatic nitrogens is 4. The van der Waals surface area contributed by atoms with Crippen LogP contribution in [0.5, 0.6) is 0 Å². The van der Waals surface area contributed by atoms with E-state index in [1.807, 2.05) is 24.3 Å². The van der Waals surface area contributed by atoms with Gasteiger partial charge in [0.1, 0.15) is 5.51 Å². The normalized spacial score (nSPS) is 10.7. The summed E-state index contributed by atoms with van der Waals surface area (Å²) in [7, 11) is 0. The molecule has 0 radical (unpaired) electrons. The van der Waals surface area contributed by atoms with E-state index in [2.05, 4.69) is 20.4 Å². The molecule has 0 fully saturated rings. The highest BCUT2D eigenvalue weighted by atomic mass is 32.2. The van der Waals surface area contributed by atoms with Crippen molar-refractivity contribution in [3.05, 3.63) is 35.5 Å². The number of esters is 1. The monoisotopic (exact) mass is 318 g/mol. The molecule has 0 amide bonds. The van der Waals surface area contributed by atoms with Crippen LogP contribution in [-0.2, 0) is 4.74 Å². The van der Waals surface area contributed by atoms with Crippen LogP contribution in [0.15, 0.2) is 39.0 Å². The quantitative estimate of drug-likeness (QED) is 0.684. The third-order valence-electron chi connectivity index (χ3n) is 2.62. The van der Waals surface area contributed by atoms with Crippen molar-refractivity contribution in [2.75, 3.05) is 6.61 Å². The summed E-state index contributed by atoms with van der Waals surface area (Å²) in [5.74, 6) is -0.484. The molecule has 0 aliphatic heterocycles. The van der Waals surface area contributed by atoms with Crippen LogP contribution in [0.1, 0.15) is 17.4 Å². The number of ether oxygens (including phenoxy) is 1. The molecule has 0 unspecified atom stereocenters. The molecule has 6 nitrogen and oxygen atoms in total. The molecule has 3 rings (SSSR count). The third-order valence-corrected chi connectivity index (χ3v) is 4.51. The molecule has 0 atom stereocenters. The average molecular weight is 318 g/mol. The lowest BCUT2D eigenvalue weighted by Crippen LogP contribution is -2.10. The zero-order valence-electron chi connectivity index (χ0n) is 11.0. The maximum absolute atomic E-state index is 12.1. The van der Waals surface area contributed by atoms with Gasteiger partial charge in [-0.05, 0) is 13.0 Å². The molecule has 1 aromatic carbocycles. The van der Waals surface area contributed by atoms with Crippen molar-refractivity contribution in [3.63, 3.8) is 0 Å². The smallest absolute Gasteiger partial charge is 0.360 e. The minimum atomic E-state index is -0.484. The molecule has 0 aliphatic rings. The Balaban J connectivity index is 2.15. The second-order valence-electron chi connectivity index (χ2n) is 3.92. The maximum atomic E-state index is 12.1. The maximum Gasteiger partial charge on any atom is 0.360 e.